The van der Waals surface area contributed by atoms with Crippen LogP contribution in [-0.2, 0) is 9.53 Å². The van der Waals surface area contributed by atoms with E-state index < -0.39 is 0 Å². The third-order valence-electron chi connectivity index (χ3n) is 3.37. The first-order valence-corrected chi connectivity index (χ1v) is 8.48. The Hall–Kier alpha value is -1.30. The molecule has 0 saturated heterocycles. The monoisotopic (exact) mass is 314 g/mol. The van der Waals surface area contributed by atoms with Crippen molar-refractivity contribution in [2.45, 2.75) is 46.5 Å². The van der Waals surface area contributed by atoms with Gasteiger partial charge in [0.05, 0.1) is 0 Å². The molecule has 0 aromatic rings. The molecule has 0 aliphatic carbocycles. The van der Waals surface area contributed by atoms with Crippen LogP contribution in [0.4, 0.5) is 0 Å². The smallest absolute Gasteiger partial charge is 0.224 e. The molecule has 0 fully saturated rings. The van der Waals surface area contributed by atoms with Crippen LogP contribution in [0.25, 0.3) is 0 Å². The Kier molecular flexibility index (Phi) is 13.8. The molecule has 0 aliphatic heterocycles. The van der Waals surface area contributed by atoms with E-state index >= 15 is 0 Å². The highest BCUT2D eigenvalue weighted by Gasteiger charge is 2.08. The molecular formula is C16H34N4O2. The molecule has 0 heterocycles. The number of carbonyl (C=O) groups excluding carboxylic acids is 1. The second kappa shape index (κ2) is 14.6. The van der Waals surface area contributed by atoms with Gasteiger partial charge in [0.1, 0.15) is 0 Å². The molecule has 6 heteroatoms. The summed E-state index contributed by atoms with van der Waals surface area (Å²) >= 11 is 0. The van der Waals surface area contributed by atoms with Gasteiger partial charge in [-0.3, -0.25) is 9.79 Å². The minimum absolute atomic E-state index is 0.188. The van der Waals surface area contributed by atoms with Crippen molar-refractivity contribution >= 4 is 11.9 Å². The van der Waals surface area contributed by atoms with Gasteiger partial charge >= 0.3 is 0 Å². The summed E-state index contributed by atoms with van der Waals surface area (Å²) in [4.78, 5) is 18.3. The number of methoxy groups -OCH3 is 1. The molecule has 130 valence electrons. The number of hydrogen-bond donors (Lipinski definition) is 2. The van der Waals surface area contributed by atoms with E-state index in [1.54, 1.807) is 7.11 Å². The normalized spacial score (nSPS) is 11.4. The standard InChI is InChI=1S/C16H34N4O2/c1-5-17-16(18-12-9-8-10-14-22-4)19-13-11-15(21)20(6-2)7-3/h5-14H2,1-4H3,(H2,17,18,19). The Bertz CT molecular complexity index is 305. The molecule has 0 saturated carbocycles. The van der Waals surface area contributed by atoms with Crippen molar-refractivity contribution < 1.29 is 9.53 Å². The lowest BCUT2D eigenvalue weighted by Crippen LogP contribution is -2.40. The lowest BCUT2D eigenvalue weighted by molar-refractivity contribution is -0.130. The number of aliphatic imine (C=N–C) groups is 1. The van der Waals surface area contributed by atoms with E-state index in [9.17, 15) is 4.79 Å². The van der Waals surface area contributed by atoms with Crippen LogP contribution < -0.4 is 10.6 Å². The van der Waals surface area contributed by atoms with E-state index in [0.29, 0.717) is 13.0 Å². The second-order valence-electron chi connectivity index (χ2n) is 5.06. The third kappa shape index (κ3) is 10.4. The summed E-state index contributed by atoms with van der Waals surface area (Å²) in [6, 6.07) is 0. The van der Waals surface area contributed by atoms with Crippen molar-refractivity contribution in [1.82, 2.24) is 15.5 Å². The highest BCUT2D eigenvalue weighted by Crippen LogP contribution is 1.96. The fraction of sp³-hybridized carbons (Fsp3) is 0.875. The zero-order valence-corrected chi connectivity index (χ0v) is 14.8. The molecular weight excluding hydrogens is 280 g/mol. The van der Waals surface area contributed by atoms with Gasteiger partial charge in [-0.25, -0.2) is 0 Å². The lowest BCUT2D eigenvalue weighted by atomic mass is 10.2. The maximum atomic E-state index is 11.9. The predicted molar refractivity (Wildman–Crippen MR) is 92.3 cm³/mol. The van der Waals surface area contributed by atoms with Crippen LogP contribution in [0.3, 0.4) is 0 Å². The van der Waals surface area contributed by atoms with Crippen LogP contribution in [0.15, 0.2) is 4.99 Å². The summed E-state index contributed by atoms with van der Waals surface area (Å²) in [6.45, 7) is 10.6. The zero-order chi connectivity index (χ0) is 16.6. The van der Waals surface area contributed by atoms with E-state index in [4.69, 9.17) is 4.74 Å². The summed E-state index contributed by atoms with van der Waals surface area (Å²) in [5.74, 6) is 0.981. The third-order valence-corrected chi connectivity index (χ3v) is 3.37. The van der Waals surface area contributed by atoms with Crippen molar-refractivity contribution in [3.05, 3.63) is 0 Å². The van der Waals surface area contributed by atoms with Gasteiger partial charge in [0.25, 0.3) is 0 Å². The van der Waals surface area contributed by atoms with Crippen molar-refractivity contribution in [3.63, 3.8) is 0 Å². The van der Waals surface area contributed by atoms with E-state index in [1.165, 1.54) is 0 Å². The molecule has 0 aromatic carbocycles. The fourth-order valence-corrected chi connectivity index (χ4v) is 2.09. The number of ether oxygens (including phenoxy) is 1. The molecule has 0 aliphatic rings. The number of nitrogens with zero attached hydrogens (tertiary/aromatic N) is 2. The van der Waals surface area contributed by atoms with Gasteiger partial charge in [-0.1, -0.05) is 0 Å². The Labute approximate surface area is 135 Å². The maximum absolute atomic E-state index is 11.9. The average molecular weight is 314 g/mol. The van der Waals surface area contributed by atoms with Gasteiger partial charge < -0.3 is 20.3 Å². The quantitative estimate of drug-likeness (QED) is 0.326. The van der Waals surface area contributed by atoms with Crippen LogP contribution in [-0.4, -0.2) is 63.2 Å². The fourth-order valence-electron chi connectivity index (χ4n) is 2.09. The number of unbranched alkanes of at least 4 members (excludes halogenated alkanes) is 2. The van der Waals surface area contributed by atoms with Crippen molar-refractivity contribution in [2.24, 2.45) is 4.99 Å². The topological polar surface area (TPSA) is 66.0 Å². The van der Waals surface area contributed by atoms with Crippen LogP contribution >= 0.6 is 0 Å². The first kappa shape index (κ1) is 20.7. The first-order chi connectivity index (χ1) is 10.7. The highest BCUT2D eigenvalue weighted by atomic mass is 16.5. The van der Waals surface area contributed by atoms with E-state index in [2.05, 4.69) is 15.6 Å². The van der Waals surface area contributed by atoms with Crippen LogP contribution in [0.5, 0.6) is 0 Å². The van der Waals surface area contributed by atoms with Crippen LogP contribution in [0.1, 0.15) is 46.5 Å². The molecule has 0 radical (unpaired) electrons. The van der Waals surface area contributed by atoms with Gasteiger partial charge in [-0.2, -0.15) is 0 Å². The predicted octanol–water partition coefficient (Wildman–Crippen LogP) is 1.62. The number of rotatable bonds is 12. The van der Waals surface area contributed by atoms with Crippen molar-refractivity contribution in [2.75, 3.05) is 46.4 Å². The minimum Gasteiger partial charge on any atom is -0.385 e. The SMILES string of the molecule is CCNC(=NCCCCCOC)NCCC(=O)N(CC)CC. The molecule has 2 N–H and O–H groups in total. The summed E-state index contributed by atoms with van der Waals surface area (Å²) in [5.41, 5.74) is 0. The lowest BCUT2D eigenvalue weighted by Gasteiger charge is -2.19. The summed E-state index contributed by atoms with van der Waals surface area (Å²) in [7, 11) is 1.73. The van der Waals surface area contributed by atoms with Crippen LogP contribution in [0.2, 0.25) is 0 Å². The molecule has 22 heavy (non-hydrogen) atoms. The summed E-state index contributed by atoms with van der Waals surface area (Å²) in [5, 5.41) is 6.43. The van der Waals surface area contributed by atoms with Gasteiger partial charge in [-0.05, 0) is 40.0 Å². The molecule has 0 bridgehead atoms. The zero-order valence-electron chi connectivity index (χ0n) is 14.8. The molecule has 0 aromatic heterocycles. The highest BCUT2D eigenvalue weighted by molar-refractivity contribution is 5.81. The number of guanidine groups is 1. The Balaban J connectivity index is 3.99. The molecule has 0 rings (SSSR count). The number of hydrogen-bond acceptors (Lipinski definition) is 3. The van der Waals surface area contributed by atoms with Gasteiger partial charge in [0.2, 0.25) is 5.91 Å². The molecule has 1 amide bonds. The minimum atomic E-state index is 0.188. The number of nitrogens with one attached hydrogen (secondary N) is 2. The largest absolute Gasteiger partial charge is 0.385 e. The molecule has 6 nitrogen and oxygen atoms in total. The van der Waals surface area contributed by atoms with Gasteiger partial charge in [0.15, 0.2) is 5.96 Å². The first-order valence-electron chi connectivity index (χ1n) is 8.48. The summed E-state index contributed by atoms with van der Waals surface area (Å²) in [6.07, 6.45) is 3.75. The van der Waals surface area contributed by atoms with E-state index in [1.807, 2.05) is 25.7 Å². The molecule has 0 unspecified atom stereocenters. The molecule has 0 spiro atoms. The Morgan fingerprint density at radius 3 is 2.41 bits per heavy atom. The Morgan fingerprint density at radius 1 is 1.09 bits per heavy atom. The van der Waals surface area contributed by atoms with Crippen LogP contribution in [0, 0.1) is 0 Å². The maximum Gasteiger partial charge on any atom is 0.224 e. The summed E-state index contributed by atoms with van der Waals surface area (Å²) < 4.78 is 5.02. The van der Waals surface area contributed by atoms with E-state index in [0.717, 1.165) is 58.0 Å². The average Bonchev–Trinajstić information content (AvgIpc) is 2.51. The second-order valence-corrected chi connectivity index (χ2v) is 5.06. The number of amides is 1. The Morgan fingerprint density at radius 2 is 1.82 bits per heavy atom. The molecule has 0 atom stereocenters. The van der Waals surface area contributed by atoms with E-state index in [-0.39, 0.29) is 5.91 Å². The van der Waals surface area contributed by atoms with Gasteiger partial charge in [-0.15, -0.1) is 0 Å². The number of carbonyl (C=O) groups is 1. The van der Waals surface area contributed by atoms with Crippen molar-refractivity contribution in [3.8, 4) is 0 Å². The van der Waals surface area contributed by atoms with Gasteiger partial charge in [0, 0.05) is 52.9 Å². The van der Waals surface area contributed by atoms with Crippen molar-refractivity contribution in [1.29, 1.82) is 0 Å².